The summed E-state index contributed by atoms with van der Waals surface area (Å²) in [5.41, 5.74) is 1.71. The molecule has 4 nitrogen and oxygen atoms in total. The predicted molar refractivity (Wildman–Crippen MR) is 82.9 cm³/mol. The summed E-state index contributed by atoms with van der Waals surface area (Å²) < 4.78 is 12.5. The van der Waals surface area contributed by atoms with Gasteiger partial charge in [0.05, 0.1) is 0 Å². The first kappa shape index (κ1) is 15.9. The number of rotatable bonds is 6. The minimum absolute atomic E-state index is 0.00529. The molecule has 0 aliphatic carbocycles. The second-order valence-corrected chi connectivity index (χ2v) is 6.64. The predicted octanol–water partition coefficient (Wildman–Crippen LogP) is 0.343. The average Bonchev–Trinajstić information content (AvgIpc) is 2.55. The van der Waals surface area contributed by atoms with E-state index in [1.807, 2.05) is 36.4 Å². The molecular formula is C16H18O4Se. The Morgan fingerprint density at radius 1 is 0.810 bits per heavy atom. The second-order valence-electron chi connectivity index (χ2n) is 4.37. The molecule has 0 heterocycles. The molecule has 0 saturated heterocycles. The molecule has 0 unspecified atom stereocenters. The van der Waals surface area contributed by atoms with Crippen LogP contribution in [0.2, 0.25) is 0 Å². The zero-order valence-corrected chi connectivity index (χ0v) is 13.7. The van der Waals surface area contributed by atoms with Crippen LogP contribution in [-0.2, 0) is 13.2 Å². The third-order valence-electron chi connectivity index (χ3n) is 3.10. The van der Waals surface area contributed by atoms with Gasteiger partial charge < -0.3 is 0 Å². The number of ether oxygens (including phenoxy) is 2. The molecule has 0 spiro atoms. The molecule has 0 saturated carbocycles. The Morgan fingerprint density at radius 3 is 1.57 bits per heavy atom. The van der Waals surface area contributed by atoms with Crippen LogP contribution >= 0.6 is 0 Å². The summed E-state index contributed by atoms with van der Waals surface area (Å²) in [4.78, 5) is 0. The van der Waals surface area contributed by atoms with Crippen molar-refractivity contribution in [3.63, 3.8) is 0 Å². The van der Waals surface area contributed by atoms with Gasteiger partial charge in [0.25, 0.3) is 0 Å². The van der Waals surface area contributed by atoms with E-state index in [2.05, 4.69) is 0 Å². The zero-order chi connectivity index (χ0) is 15.2. The Morgan fingerprint density at radius 2 is 1.24 bits per heavy atom. The first-order chi connectivity index (χ1) is 10.2. The maximum absolute atomic E-state index is 9.51. The van der Waals surface area contributed by atoms with E-state index < -0.39 is 0 Å². The van der Waals surface area contributed by atoms with Crippen LogP contribution in [0.4, 0.5) is 0 Å². The molecule has 21 heavy (non-hydrogen) atoms. The molecule has 2 aromatic rings. The molecule has 0 aliphatic rings. The van der Waals surface area contributed by atoms with E-state index in [4.69, 9.17) is 9.47 Å². The summed E-state index contributed by atoms with van der Waals surface area (Å²) in [5, 5.41) is 19.0. The molecule has 0 atom stereocenters. The van der Waals surface area contributed by atoms with Crippen LogP contribution in [0.15, 0.2) is 36.4 Å². The van der Waals surface area contributed by atoms with Gasteiger partial charge in [0, 0.05) is 0 Å². The number of benzene rings is 2. The quantitative estimate of drug-likeness (QED) is 0.736. The van der Waals surface area contributed by atoms with Crippen LogP contribution in [0, 0.1) is 0 Å². The molecule has 2 N–H and O–H groups in total. The Balaban J connectivity index is 2.33. The third-order valence-corrected chi connectivity index (χ3v) is 5.69. The summed E-state index contributed by atoms with van der Waals surface area (Å²) >= 11 is -0.00529. The molecule has 0 aromatic heterocycles. The number of methoxy groups -OCH3 is 2. The number of hydrogen-bond donors (Lipinski definition) is 2. The second kappa shape index (κ2) is 7.48. The van der Waals surface area contributed by atoms with E-state index >= 15 is 0 Å². The van der Waals surface area contributed by atoms with Gasteiger partial charge in [0.1, 0.15) is 0 Å². The molecule has 0 radical (unpaired) electrons. The minimum atomic E-state index is -0.0289. The van der Waals surface area contributed by atoms with Crippen molar-refractivity contribution in [2.45, 2.75) is 13.2 Å². The SMILES string of the molecule is COc1ccc([Se]c2ccc(OC)cc2CO)c(CO)c1. The molecule has 2 rings (SSSR count). The summed E-state index contributed by atoms with van der Waals surface area (Å²) in [6.07, 6.45) is 0. The van der Waals surface area contributed by atoms with E-state index in [1.54, 1.807) is 14.2 Å². The fraction of sp³-hybridized carbons (Fsp3) is 0.250. The van der Waals surface area contributed by atoms with E-state index in [-0.39, 0.29) is 28.2 Å². The van der Waals surface area contributed by atoms with Gasteiger partial charge >= 0.3 is 130 Å². The Labute approximate surface area is 130 Å². The number of hydrogen-bond acceptors (Lipinski definition) is 4. The van der Waals surface area contributed by atoms with Gasteiger partial charge in [-0.15, -0.1) is 0 Å². The first-order valence-corrected chi connectivity index (χ1v) is 8.16. The molecule has 0 amide bonds. The van der Waals surface area contributed by atoms with Gasteiger partial charge in [0.2, 0.25) is 0 Å². The summed E-state index contributed by atoms with van der Waals surface area (Å²) in [5.74, 6) is 1.46. The van der Waals surface area contributed by atoms with Gasteiger partial charge in [0.15, 0.2) is 0 Å². The molecule has 0 aliphatic heterocycles. The fourth-order valence-electron chi connectivity index (χ4n) is 1.93. The van der Waals surface area contributed by atoms with E-state index in [0.717, 1.165) is 31.5 Å². The van der Waals surface area contributed by atoms with Gasteiger partial charge in [-0.05, 0) is 0 Å². The van der Waals surface area contributed by atoms with Crippen molar-refractivity contribution < 1.29 is 19.7 Å². The molecule has 0 fully saturated rings. The monoisotopic (exact) mass is 354 g/mol. The first-order valence-electron chi connectivity index (χ1n) is 6.45. The molecule has 5 heteroatoms. The van der Waals surface area contributed by atoms with Crippen LogP contribution in [0.25, 0.3) is 0 Å². The van der Waals surface area contributed by atoms with E-state index in [1.165, 1.54) is 0 Å². The number of aliphatic hydroxyl groups is 2. The maximum atomic E-state index is 9.51. The third kappa shape index (κ3) is 3.77. The van der Waals surface area contributed by atoms with Crippen molar-refractivity contribution in [3.05, 3.63) is 47.5 Å². The van der Waals surface area contributed by atoms with Crippen LogP contribution in [0.5, 0.6) is 11.5 Å². The molecular weight excluding hydrogens is 335 g/mol. The van der Waals surface area contributed by atoms with Crippen molar-refractivity contribution in [2.75, 3.05) is 14.2 Å². The topological polar surface area (TPSA) is 58.9 Å². The van der Waals surface area contributed by atoms with Crippen molar-refractivity contribution >= 4 is 23.9 Å². The Bertz CT molecular complexity index is 560. The summed E-state index contributed by atoms with van der Waals surface area (Å²) in [7, 11) is 3.21. The van der Waals surface area contributed by atoms with Gasteiger partial charge in [-0.1, -0.05) is 0 Å². The number of aliphatic hydroxyl groups excluding tert-OH is 2. The fourth-order valence-corrected chi connectivity index (χ4v) is 4.07. The summed E-state index contributed by atoms with van der Waals surface area (Å²) in [6, 6.07) is 11.4. The standard InChI is InChI=1S/C16H18O4Se/c1-19-13-3-5-15(11(7-13)9-17)21-16-6-4-14(20-2)8-12(16)10-18/h3-8,17-18H,9-10H2,1-2H3. The van der Waals surface area contributed by atoms with Gasteiger partial charge in [-0.3, -0.25) is 0 Å². The zero-order valence-electron chi connectivity index (χ0n) is 12.0. The molecule has 0 bridgehead atoms. The van der Waals surface area contributed by atoms with Crippen LogP contribution in [0.3, 0.4) is 0 Å². The van der Waals surface area contributed by atoms with Gasteiger partial charge in [-0.2, -0.15) is 0 Å². The average molecular weight is 353 g/mol. The Kier molecular flexibility index (Phi) is 5.65. The summed E-state index contributed by atoms with van der Waals surface area (Å²) in [6.45, 7) is -0.0577. The Hall–Kier alpha value is -1.52. The van der Waals surface area contributed by atoms with Crippen molar-refractivity contribution in [3.8, 4) is 11.5 Å². The normalized spacial score (nSPS) is 10.5. The van der Waals surface area contributed by atoms with Crippen LogP contribution < -0.4 is 18.4 Å². The van der Waals surface area contributed by atoms with Gasteiger partial charge in [-0.25, -0.2) is 0 Å². The van der Waals surface area contributed by atoms with Crippen LogP contribution in [-0.4, -0.2) is 39.4 Å². The van der Waals surface area contributed by atoms with Crippen LogP contribution in [0.1, 0.15) is 11.1 Å². The van der Waals surface area contributed by atoms with E-state index in [0.29, 0.717) is 0 Å². The van der Waals surface area contributed by atoms with E-state index in [9.17, 15) is 10.2 Å². The molecule has 112 valence electrons. The van der Waals surface area contributed by atoms with Crippen molar-refractivity contribution in [2.24, 2.45) is 0 Å². The molecule has 2 aromatic carbocycles. The van der Waals surface area contributed by atoms with Crippen molar-refractivity contribution in [1.29, 1.82) is 0 Å². The van der Waals surface area contributed by atoms with Crippen molar-refractivity contribution in [1.82, 2.24) is 0 Å².